The van der Waals surface area contributed by atoms with E-state index in [0.717, 1.165) is 17.5 Å². The van der Waals surface area contributed by atoms with Gasteiger partial charge in [-0.3, -0.25) is 4.79 Å². The lowest BCUT2D eigenvalue weighted by Gasteiger charge is -2.06. The summed E-state index contributed by atoms with van der Waals surface area (Å²) in [6.45, 7) is 2.84. The zero-order valence-corrected chi connectivity index (χ0v) is 13.0. The van der Waals surface area contributed by atoms with Crippen molar-refractivity contribution in [2.45, 2.75) is 58.4 Å². The number of fused-ring (bicyclic) bond motifs is 1. The van der Waals surface area contributed by atoms with E-state index in [4.69, 9.17) is 0 Å². The van der Waals surface area contributed by atoms with Gasteiger partial charge in [0.15, 0.2) is 0 Å². The van der Waals surface area contributed by atoms with E-state index in [0.29, 0.717) is 13.0 Å². The van der Waals surface area contributed by atoms with Crippen molar-refractivity contribution in [2.24, 2.45) is 0 Å². The lowest BCUT2D eigenvalue weighted by atomic mass is 10.1. The van der Waals surface area contributed by atoms with Gasteiger partial charge >= 0.3 is 0 Å². The summed E-state index contributed by atoms with van der Waals surface area (Å²) in [6.07, 6.45) is 9.90. The highest BCUT2D eigenvalue weighted by atomic mass is 16.1. The van der Waals surface area contributed by atoms with Gasteiger partial charge in [0.25, 0.3) is 0 Å². The predicted octanol–water partition coefficient (Wildman–Crippen LogP) is 4.53. The molecular weight excluding hydrogens is 260 g/mol. The normalized spacial score (nSPS) is 10.9. The smallest absolute Gasteiger partial charge is 0.220 e. The Morgan fingerprint density at radius 1 is 1.10 bits per heavy atom. The van der Waals surface area contributed by atoms with Crippen LogP contribution < -0.4 is 5.32 Å². The molecule has 3 nitrogen and oxygen atoms in total. The highest BCUT2D eigenvalue weighted by Crippen LogP contribution is 2.14. The molecule has 0 saturated heterocycles. The molecule has 0 aliphatic rings. The Labute approximate surface area is 127 Å². The Morgan fingerprint density at radius 3 is 2.76 bits per heavy atom. The molecule has 21 heavy (non-hydrogen) atoms. The molecule has 2 N–H and O–H groups in total. The van der Waals surface area contributed by atoms with Crippen LogP contribution in [0.1, 0.15) is 57.4 Å². The second kappa shape index (κ2) is 8.50. The van der Waals surface area contributed by atoms with Gasteiger partial charge in [-0.15, -0.1) is 0 Å². The van der Waals surface area contributed by atoms with Crippen LogP contribution in [0.25, 0.3) is 10.9 Å². The Balaban J connectivity index is 1.64. The number of hydrogen-bond acceptors (Lipinski definition) is 1. The van der Waals surface area contributed by atoms with E-state index in [1.165, 1.54) is 37.5 Å². The summed E-state index contributed by atoms with van der Waals surface area (Å²) in [5, 5.41) is 4.20. The van der Waals surface area contributed by atoms with Crippen LogP contribution in [0, 0.1) is 0 Å². The van der Waals surface area contributed by atoms with Gasteiger partial charge in [0.2, 0.25) is 5.91 Å². The molecule has 0 atom stereocenters. The van der Waals surface area contributed by atoms with Crippen LogP contribution in [0.5, 0.6) is 0 Å². The van der Waals surface area contributed by atoms with Crippen LogP contribution >= 0.6 is 0 Å². The van der Waals surface area contributed by atoms with Crippen molar-refractivity contribution >= 4 is 16.8 Å². The molecular formula is C18H26N2O. The number of unbranched alkanes of at least 4 members (excludes halogenated alkanes) is 5. The van der Waals surface area contributed by atoms with Gasteiger partial charge in [0, 0.05) is 24.7 Å². The number of carbonyl (C=O) groups excluding carboxylic acids is 1. The minimum atomic E-state index is 0.166. The third-order valence-corrected chi connectivity index (χ3v) is 3.86. The van der Waals surface area contributed by atoms with Crippen molar-refractivity contribution in [3.8, 4) is 0 Å². The van der Waals surface area contributed by atoms with Crippen LogP contribution in [0.4, 0.5) is 0 Å². The van der Waals surface area contributed by atoms with Crippen LogP contribution in [-0.4, -0.2) is 10.9 Å². The molecule has 2 aromatic rings. The van der Waals surface area contributed by atoms with Gasteiger partial charge < -0.3 is 10.3 Å². The standard InChI is InChI=1S/C18H26N2O/c1-2-3-4-5-6-7-8-18(21)20-14-15-9-10-17-16(13-15)11-12-19-17/h9-13,19H,2-8,14H2,1H3,(H,20,21). The van der Waals surface area contributed by atoms with Gasteiger partial charge in [0.05, 0.1) is 0 Å². The summed E-state index contributed by atoms with van der Waals surface area (Å²) < 4.78 is 0. The fraction of sp³-hybridized carbons (Fsp3) is 0.500. The number of benzene rings is 1. The van der Waals surface area contributed by atoms with Crippen molar-refractivity contribution < 1.29 is 4.79 Å². The first-order valence-corrected chi connectivity index (χ1v) is 8.12. The van der Waals surface area contributed by atoms with E-state index in [1.54, 1.807) is 0 Å². The largest absolute Gasteiger partial charge is 0.361 e. The maximum Gasteiger partial charge on any atom is 0.220 e. The minimum absolute atomic E-state index is 0.166. The second-order valence-electron chi connectivity index (χ2n) is 5.69. The maximum atomic E-state index is 11.8. The van der Waals surface area contributed by atoms with Gasteiger partial charge in [-0.05, 0) is 35.6 Å². The van der Waals surface area contributed by atoms with E-state index >= 15 is 0 Å². The van der Waals surface area contributed by atoms with Gasteiger partial charge in [-0.25, -0.2) is 0 Å². The van der Waals surface area contributed by atoms with Gasteiger partial charge in [-0.2, -0.15) is 0 Å². The fourth-order valence-electron chi connectivity index (χ4n) is 2.57. The molecule has 114 valence electrons. The van der Waals surface area contributed by atoms with Crippen LogP contribution in [-0.2, 0) is 11.3 Å². The number of amides is 1. The maximum absolute atomic E-state index is 11.8. The zero-order chi connectivity index (χ0) is 14.9. The summed E-state index contributed by atoms with van der Waals surface area (Å²) in [5.41, 5.74) is 2.29. The third kappa shape index (κ3) is 5.25. The lowest BCUT2D eigenvalue weighted by Crippen LogP contribution is -2.22. The minimum Gasteiger partial charge on any atom is -0.361 e. The first kappa shape index (κ1) is 15.6. The van der Waals surface area contributed by atoms with Crippen LogP contribution in [0.2, 0.25) is 0 Å². The van der Waals surface area contributed by atoms with Crippen molar-refractivity contribution in [1.29, 1.82) is 0 Å². The first-order valence-electron chi connectivity index (χ1n) is 8.12. The summed E-state index contributed by atoms with van der Waals surface area (Å²) in [5.74, 6) is 0.166. The molecule has 0 aliphatic carbocycles. The quantitative estimate of drug-likeness (QED) is 0.653. The highest BCUT2D eigenvalue weighted by Gasteiger charge is 2.02. The molecule has 0 unspecified atom stereocenters. The SMILES string of the molecule is CCCCCCCCC(=O)NCc1ccc2[nH]ccc2c1. The first-order chi connectivity index (χ1) is 10.3. The number of hydrogen-bond donors (Lipinski definition) is 2. The number of carbonyl (C=O) groups is 1. The van der Waals surface area contributed by atoms with E-state index in [2.05, 4.69) is 41.5 Å². The zero-order valence-electron chi connectivity index (χ0n) is 13.0. The second-order valence-corrected chi connectivity index (χ2v) is 5.69. The molecule has 0 bridgehead atoms. The number of H-pyrrole nitrogens is 1. The predicted molar refractivity (Wildman–Crippen MR) is 88.1 cm³/mol. The average Bonchev–Trinajstić information content (AvgIpc) is 2.96. The Bertz CT molecular complexity index is 559. The Kier molecular flexibility index (Phi) is 6.32. The monoisotopic (exact) mass is 286 g/mol. The van der Waals surface area contributed by atoms with Crippen LogP contribution in [0.3, 0.4) is 0 Å². The molecule has 1 heterocycles. The molecule has 0 aliphatic heterocycles. The molecule has 0 fully saturated rings. The topological polar surface area (TPSA) is 44.9 Å². The summed E-state index contributed by atoms with van der Waals surface area (Å²) in [6, 6.07) is 8.29. The molecule has 0 radical (unpaired) electrons. The highest BCUT2D eigenvalue weighted by molar-refractivity contribution is 5.80. The third-order valence-electron chi connectivity index (χ3n) is 3.86. The average molecular weight is 286 g/mol. The number of rotatable bonds is 9. The van der Waals surface area contributed by atoms with Crippen molar-refractivity contribution in [2.75, 3.05) is 0 Å². The van der Waals surface area contributed by atoms with Crippen molar-refractivity contribution in [3.63, 3.8) is 0 Å². The summed E-state index contributed by atoms with van der Waals surface area (Å²) in [7, 11) is 0. The summed E-state index contributed by atoms with van der Waals surface area (Å²) in [4.78, 5) is 15.0. The molecule has 1 aromatic heterocycles. The summed E-state index contributed by atoms with van der Waals surface area (Å²) >= 11 is 0. The van der Waals surface area contributed by atoms with Gasteiger partial charge in [0.1, 0.15) is 0 Å². The lowest BCUT2D eigenvalue weighted by molar-refractivity contribution is -0.121. The Hall–Kier alpha value is -1.77. The van der Waals surface area contributed by atoms with E-state index in [9.17, 15) is 4.79 Å². The van der Waals surface area contributed by atoms with Crippen molar-refractivity contribution in [1.82, 2.24) is 10.3 Å². The van der Waals surface area contributed by atoms with E-state index in [1.807, 2.05) is 6.20 Å². The molecule has 1 aromatic carbocycles. The fourth-order valence-corrected chi connectivity index (χ4v) is 2.57. The van der Waals surface area contributed by atoms with Crippen molar-refractivity contribution in [3.05, 3.63) is 36.0 Å². The van der Waals surface area contributed by atoms with Gasteiger partial charge in [-0.1, -0.05) is 45.1 Å². The van der Waals surface area contributed by atoms with E-state index < -0.39 is 0 Å². The number of aromatic amines is 1. The molecule has 0 spiro atoms. The number of aromatic nitrogens is 1. The molecule has 1 amide bonds. The molecule has 3 heteroatoms. The van der Waals surface area contributed by atoms with Crippen LogP contribution in [0.15, 0.2) is 30.5 Å². The van der Waals surface area contributed by atoms with E-state index in [-0.39, 0.29) is 5.91 Å². The molecule has 0 saturated carbocycles. The number of nitrogens with one attached hydrogen (secondary N) is 2. The molecule has 2 rings (SSSR count). The Morgan fingerprint density at radius 2 is 1.90 bits per heavy atom.